The van der Waals surface area contributed by atoms with E-state index < -0.39 is 5.97 Å². The van der Waals surface area contributed by atoms with Crippen LogP contribution in [0.1, 0.15) is 38.4 Å². The van der Waals surface area contributed by atoms with E-state index in [1.165, 1.54) is 29.9 Å². The van der Waals surface area contributed by atoms with Crippen molar-refractivity contribution < 1.29 is 14.3 Å². The largest absolute Gasteiger partial charge is 0.492 e. The molecule has 34 heavy (non-hydrogen) atoms. The van der Waals surface area contributed by atoms with Gasteiger partial charge in [0, 0.05) is 62.7 Å². The van der Waals surface area contributed by atoms with Crippen molar-refractivity contribution in [1.82, 2.24) is 14.5 Å². The maximum absolute atomic E-state index is 13.0. The van der Waals surface area contributed by atoms with Gasteiger partial charge in [0.05, 0.1) is 13.7 Å². The van der Waals surface area contributed by atoms with Gasteiger partial charge in [0.25, 0.3) is 5.56 Å². The maximum atomic E-state index is 13.0. The summed E-state index contributed by atoms with van der Waals surface area (Å²) in [5, 5.41) is 0. The van der Waals surface area contributed by atoms with Gasteiger partial charge < -0.3 is 14.0 Å². The van der Waals surface area contributed by atoms with E-state index in [2.05, 4.69) is 41.9 Å². The Balaban J connectivity index is 1.56. The van der Waals surface area contributed by atoms with Crippen LogP contribution in [0, 0.1) is 13.8 Å². The summed E-state index contributed by atoms with van der Waals surface area (Å²) in [4.78, 5) is 32.4. The van der Waals surface area contributed by atoms with Gasteiger partial charge in [0.1, 0.15) is 11.3 Å². The highest BCUT2D eigenvalue weighted by Gasteiger charge is 2.26. The second kappa shape index (κ2) is 10.7. The maximum Gasteiger partial charge on any atom is 0.343 e. The minimum atomic E-state index is -0.487. The first-order valence-electron chi connectivity index (χ1n) is 11.6. The number of ether oxygens (including phenoxy) is 2. The molecular weight excluding hydrogens is 430 g/mol. The molecule has 0 aliphatic carbocycles. The first-order chi connectivity index (χ1) is 16.4. The van der Waals surface area contributed by atoms with Crippen LogP contribution in [-0.2, 0) is 30.7 Å². The van der Waals surface area contributed by atoms with Gasteiger partial charge in [-0.2, -0.15) is 0 Å². The van der Waals surface area contributed by atoms with Crippen LogP contribution in [0.5, 0.6) is 5.75 Å². The van der Waals surface area contributed by atoms with Gasteiger partial charge in [0.2, 0.25) is 0 Å². The molecule has 1 aromatic carbocycles. The van der Waals surface area contributed by atoms with Crippen molar-refractivity contribution >= 4 is 5.97 Å². The lowest BCUT2D eigenvalue weighted by Gasteiger charge is -2.20. The summed E-state index contributed by atoms with van der Waals surface area (Å²) in [6, 6.07) is 13.7. The molecule has 4 rings (SSSR count). The van der Waals surface area contributed by atoms with E-state index in [1.807, 2.05) is 18.2 Å². The normalized spacial score (nSPS) is 13.7. The Hall–Kier alpha value is -3.45. The highest BCUT2D eigenvalue weighted by atomic mass is 16.5. The van der Waals surface area contributed by atoms with Crippen LogP contribution in [0.2, 0.25) is 0 Å². The van der Waals surface area contributed by atoms with Gasteiger partial charge in [-0.1, -0.05) is 35.4 Å². The quantitative estimate of drug-likeness (QED) is 0.503. The van der Waals surface area contributed by atoms with Crippen molar-refractivity contribution in [2.45, 2.75) is 39.8 Å². The molecule has 0 fully saturated rings. The zero-order valence-electron chi connectivity index (χ0n) is 20.0. The number of nitrogens with zero attached hydrogens (tertiary/aromatic N) is 3. The smallest absolute Gasteiger partial charge is 0.343 e. The standard InChI is InChI=1S/C27H31N3O4/c1-19-14-20(2)16-21(15-19)18-29-10-7-23-26(27(32)33-3)24(17-25(31)30(23)12-11-29)34-13-8-22-6-4-5-9-28-22/h4-6,9,14-17H,7-8,10-13,18H2,1-3H3. The molecule has 3 heterocycles. The number of pyridine rings is 2. The van der Waals surface area contributed by atoms with Crippen LogP contribution in [0.15, 0.2) is 53.5 Å². The number of hydrogen-bond acceptors (Lipinski definition) is 6. The average molecular weight is 462 g/mol. The second-order valence-corrected chi connectivity index (χ2v) is 8.75. The van der Waals surface area contributed by atoms with Crippen LogP contribution in [0.4, 0.5) is 0 Å². The number of hydrogen-bond donors (Lipinski definition) is 0. The van der Waals surface area contributed by atoms with Crippen LogP contribution < -0.4 is 10.3 Å². The first-order valence-corrected chi connectivity index (χ1v) is 11.6. The topological polar surface area (TPSA) is 73.7 Å². The van der Waals surface area contributed by atoms with Crippen molar-refractivity contribution in [2.24, 2.45) is 0 Å². The van der Waals surface area contributed by atoms with Crippen LogP contribution in [0.3, 0.4) is 0 Å². The molecule has 0 saturated carbocycles. The number of rotatable bonds is 7. The molecule has 1 aliphatic heterocycles. The number of benzene rings is 1. The third-order valence-electron chi connectivity index (χ3n) is 6.11. The van der Waals surface area contributed by atoms with Crippen molar-refractivity contribution in [3.63, 3.8) is 0 Å². The van der Waals surface area contributed by atoms with Gasteiger partial charge in [-0.05, 0) is 31.5 Å². The fourth-order valence-corrected chi connectivity index (χ4v) is 4.62. The minimum Gasteiger partial charge on any atom is -0.492 e. The number of aryl methyl sites for hydroxylation is 2. The van der Waals surface area contributed by atoms with Gasteiger partial charge in [-0.3, -0.25) is 14.7 Å². The summed E-state index contributed by atoms with van der Waals surface area (Å²) in [7, 11) is 1.35. The molecule has 0 saturated heterocycles. The lowest BCUT2D eigenvalue weighted by molar-refractivity contribution is 0.0593. The van der Waals surface area contributed by atoms with E-state index in [0.717, 1.165) is 25.3 Å². The Morgan fingerprint density at radius 2 is 1.85 bits per heavy atom. The Labute approximate surface area is 200 Å². The monoisotopic (exact) mass is 461 g/mol. The molecule has 0 N–H and O–H groups in total. The Bertz CT molecular complexity index is 1200. The molecular formula is C27H31N3O4. The average Bonchev–Trinajstić information content (AvgIpc) is 3.02. The lowest BCUT2D eigenvalue weighted by Crippen LogP contribution is -2.29. The molecule has 178 valence electrons. The molecule has 2 aromatic heterocycles. The second-order valence-electron chi connectivity index (χ2n) is 8.75. The van der Waals surface area contributed by atoms with E-state index in [-0.39, 0.29) is 11.3 Å². The van der Waals surface area contributed by atoms with Gasteiger partial charge >= 0.3 is 5.97 Å². The molecule has 7 heteroatoms. The molecule has 0 unspecified atom stereocenters. The summed E-state index contributed by atoms with van der Waals surface area (Å²) in [6.45, 7) is 7.28. The fourth-order valence-electron chi connectivity index (χ4n) is 4.62. The molecule has 7 nitrogen and oxygen atoms in total. The third kappa shape index (κ3) is 5.54. The van der Waals surface area contributed by atoms with E-state index in [4.69, 9.17) is 9.47 Å². The molecule has 0 amide bonds. The Kier molecular flexibility index (Phi) is 7.43. The molecule has 0 atom stereocenters. The molecule has 0 radical (unpaired) electrons. The number of aromatic nitrogens is 2. The van der Waals surface area contributed by atoms with Crippen molar-refractivity contribution in [1.29, 1.82) is 0 Å². The summed E-state index contributed by atoms with van der Waals surface area (Å²) >= 11 is 0. The number of carbonyl (C=O) groups excluding carboxylic acids is 1. The predicted octanol–water partition coefficient (Wildman–Crippen LogP) is 3.33. The fraction of sp³-hybridized carbons (Fsp3) is 0.370. The van der Waals surface area contributed by atoms with Crippen LogP contribution >= 0.6 is 0 Å². The third-order valence-corrected chi connectivity index (χ3v) is 6.11. The lowest BCUT2D eigenvalue weighted by atomic mass is 10.1. The molecule has 3 aromatic rings. The summed E-state index contributed by atoms with van der Waals surface area (Å²) in [5.74, 6) is -0.207. The number of esters is 1. The van der Waals surface area contributed by atoms with Crippen molar-refractivity contribution in [2.75, 3.05) is 26.8 Å². The van der Waals surface area contributed by atoms with E-state index in [9.17, 15) is 9.59 Å². The summed E-state index contributed by atoms with van der Waals surface area (Å²) in [6.07, 6.45) is 2.86. The van der Waals surface area contributed by atoms with Gasteiger partial charge in [0.15, 0.2) is 0 Å². The Morgan fingerprint density at radius 3 is 2.56 bits per heavy atom. The highest BCUT2D eigenvalue weighted by molar-refractivity contribution is 5.93. The number of carbonyl (C=O) groups is 1. The van der Waals surface area contributed by atoms with Crippen molar-refractivity contribution in [3.05, 3.63) is 92.7 Å². The molecule has 1 aliphatic rings. The predicted molar refractivity (Wildman–Crippen MR) is 130 cm³/mol. The van der Waals surface area contributed by atoms with Gasteiger partial charge in [-0.15, -0.1) is 0 Å². The van der Waals surface area contributed by atoms with Gasteiger partial charge in [-0.25, -0.2) is 4.79 Å². The molecule has 0 spiro atoms. The first kappa shape index (κ1) is 23.7. The zero-order chi connectivity index (χ0) is 24.1. The minimum absolute atomic E-state index is 0.163. The SMILES string of the molecule is COC(=O)c1c(OCCc2ccccn2)cc(=O)n2c1CCN(Cc1cc(C)cc(C)c1)CC2. The van der Waals surface area contributed by atoms with E-state index in [1.54, 1.807) is 10.8 Å². The Morgan fingerprint density at radius 1 is 1.06 bits per heavy atom. The summed E-state index contributed by atoms with van der Waals surface area (Å²) < 4.78 is 12.7. The zero-order valence-corrected chi connectivity index (χ0v) is 20.0. The van der Waals surface area contributed by atoms with Crippen molar-refractivity contribution in [3.8, 4) is 5.75 Å². The van der Waals surface area contributed by atoms with Crippen LogP contribution in [0.25, 0.3) is 0 Å². The number of methoxy groups -OCH3 is 1. The highest BCUT2D eigenvalue weighted by Crippen LogP contribution is 2.25. The summed E-state index contributed by atoms with van der Waals surface area (Å²) in [5.41, 5.74) is 5.47. The van der Waals surface area contributed by atoms with E-state index >= 15 is 0 Å². The number of fused-ring (bicyclic) bond motifs is 1. The van der Waals surface area contributed by atoms with Crippen LogP contribution in [-0.4, -0.2) is 47.2 Å². The van der Waals surface area contributed by atoms with E-state index in [0.29, 0.717) is 37.3 Å². The molecule has 0 bridgehead atoms.